The average molecular weight is 463 g/mol. The number of anilines is 1. The topological polar surface area (TPSA) is 117 Å². The molecule has 176 valence electrons. The van der Waals surface area contributed by atoms with Gasteiger partial charge in [-0.3, -0.25) is 19.7 Å². The molecule has 9 heteroatoms. The van der Waals surface area contributed by atoms with Gasteiger partial charge in [0.1, 0.15) is 6.04 Å². The molecule has 0 aliphatic carbocycles. The number of fused-ring (bicyclic) bond motifs is 1. The number of rotatable bonds is 5. The number of hydrogen-bond donors (Lipinski definition) is 3. The standard InChI is InChI=1S/C25H26N4O5/c30-21-9-8-20(22(31)27-21)29-14-17-12-18(6-7-19(17)23(29)32)26-24(33)28-25(10-11-34-15-25)13-16-4-2-1-3-5-16/h1-7,12,20H,8-11,13-15H2,(H2,26,28,33)(H,27,30,31). The molecule has 0 aromatic heterocycles. The Morgan fingerprint density at radius 3 is 2.71 bits per heavy atom. The van der Waals surface area contributed by atoms with Crippen LogP contribution in [-0.4, -0.2) is 53.4 Å². The first-order valence-corrected chi connectivity index (χ1v) is 11.4. The number of carbonyl (C=O) groups is 4. The van der Waals surface area contributed by atoms with Crippen LogP contribution in [0.25, 0.3) is 0 Å². The molecule has 0 saturated carbocycles. The third-order valence-electron chi connectivity index (χ3n) is 6.65. The van der Waals surface area contributed by atoms with Gasteiger partial charge in [0.15, 0.2) is 0 Å². The van der Waals surface area contributed by atoms with Gasteiger partial charge in [0.2, 0.25) is 11.8 Å². The quantitative estimate of drug-likeness (QED) is 0.588. The summed E-state index contributed by atoms with van der Waals surface area (Å²) >= 11 is 0. The summed E-state index contributed by atoms with van der Waals surface area (Å²) in [6.45, 7) is 1.28. The highest BCUT2D eigenvalue weighted by molar-refractivity contribution is 6.05. The maximum atomic E-state index is 12.9. The predicted octanol–water partition coefficient (Wildman–Crippen LogP) is 1.97. The first-order chi connectivity index (χ1) is 16.4. The molecule has 2 fully saturated rings. The second-order valence-corrected chi connectivity index (χ2v) is 9.10. The normalized spacial score (nSPS) is 24.1. The van der Waals surface area contributed by atoms with E-state index in [0.29, 0.717) is 37.3 Å². The molecule has 3 N–H and O–H groups in total. The predicted molar refractivity (Wildman–Crippen MR) is 123 cm³/mol. The first-order valence-electron chi connectivity index (χ1n) is 11.4. The fraction of sp³-hybridized carbons (Fsp3) is 0.360. The van der Waals surface area contributed by atoms with Crippen LogP contribution in [0.2, 0.25) is 0 Å². The highest BCUT2D eigenvalue weighted by Gasteiger charge is 2.39. The number of carbonyl (C=O) groups excluding carboxylic acids is 4. The van der Waals surface area contributed by atoms with Crippen molar-refractivity contribution in [2.24, 2.45) is 0 Å². The zero-order valence-electron chi connectivity index (χ0n) is 18.6. The van der Waals surface area contributed by atoms with Crippen molar-refractivity contribution in [2.75, 3.05) is 18.5 Å². The van der Waals surface area contributed by atoms with E-state index in [2.05, 4.69) is 16.0 Å². The summed E-state index contributed by atoms with van der Waals surface area (Å²) in [5, 5.41) is 8.27. The molecule has 3 aliphatic heterocycles. The molecule has 2 aromatic rings. The van der Waals surface area contributed by atoms with Gasteiger partial charge in [0.25, 0.3) is 5.91 Å². The van der Waals surface area contributed by atoms with Crippen LogP contribution in [0.5, 0.6) is 0 Å². The van der Waals surface area contributed by atoms with E-state index < -0.39 is 17.5 Å². The second-order valence-electron chi connectivity index (χ2n) is 9.10. The Labute approximate surface area is 196 Å². The number of benzene rings is 2. The minimum Gasteiger partial charge on any atom is -0.379 e. The molecule has 0 spiro atoms. The molecule has 2 saturated heterocycles. The van der Waals surface area contributed by atoms with Crippen LogP contribution in [0.3, 0.4) is 0 Å². The number of hydrogen-bond acceptors (Lipinski definition) is 5. The summed E-state index contributed by atoms with van der Waals surface area (Å²) in [5.41, 5.74) is 2.43. The number of nitrogens with one attached hydrogen (secondary N) is 3. The average Bonchev–Trinajstić information content (AvgIpc) is 3.38. The Morgan fingerprint density at radius 1 is 1.15 bits per heavy atom. The van der Waals surface area contributed by atoms with Crippen molar-refractivity contribution in [3.8, 4) is 0 Å². The third-order valence-corrected chi connectivity index (χ3v) is 6.65. The van der Waals surface area contributed by atoms with E-state index >= 15 is 0 Å². The molecular formula is C25H26N4O5. The minimum absolute atomic E-state index is 0.206. The van der Waals surface area contributed by atoms with E-state index in [1.54, 1.807) is 18.2 Å². The summed E-state index contributed by atoms with van der Waals surface area (Å²) in [7, 11) is 0. The fourth-order valence-electron chi connectivity index (χ4n) is 4.93. The van der Waals surface area contributed by atoms with Crippen molar-refractivity contribution < 1.29 is 23.9 Å². The highest BCUT2D eigenvalue weighted by Crippen LogP contribution is 2.30. The molecule has 3 heterocycles. The van der Waals surface area contributed by atoms with E-state index in [9.17, 15) is 19.2 Å². The molecule has 0 radical (unpaired) electrons. The molecule has 9 nitrogen and oxygen atoms in total. The highest BCUT2D eigenvalue weighted by atomic mass is 16.5. The summed E-state index contributed by atoms with van der Waals surface area (Å²) in [4.78, 5) is 50.9. The smallest absolute Gasteiger partial charge is 0.319 e. The lowest BCUT2D eigenvalue weighted by Crippen LogP contribution is -2.52. The van der Waals surface area contributed by atoms with E-state index in [0.717, 1.165) is 17.5 Å². The molecule has 2 unspecified atom stereocenters. The largest absolute Gasteiger partial charge is 0.379 e. The maximum absolute atomic E-state index is 12.9. The number of imide groups is 1. The Bertz CT molecular complexity index is 1140. The number of nitrogens with zero attached hydrogens (tertiary/aromatic N) is 1. The van der Waals surface area contributed by atoms with Gasteiger partial charge in [0.05, 0.1) is 12.1 Å². The summed E-state index contributed by atoms with van der Waals surface area (Å²) < 4.78 is 5.60. The lowest BCUT2D eigenvalue weighted by atomic mass is 9.90. The lowest BCUT2D eigenvalue weighted by Gasteiger charge is -2.29. The molecule has 34 heavy (non-hydrogen) atoms. The molecule has 3 aliphatic rings. The van der Waals surface area contributed by atoms with Crippen LogP contribution in [0.4, 0.5) is 10.5 Å². The van der Waals surface area contributed by atoms with Gasteiger partial charge in [-0.2, -0.15) is 0 Å². The van der Waals surface area contributed by atoms with Gasteiger partial charge in [-0.25, -0.2) is 4.79 Å². The fourth-order valence-corrected chi connectivity index (χ4v) is 4.93. The molecule has 5 rings (SSSR count). The van der Waals surface area contributed by atoms with Crippen LogP contribution in [0, 0.1) is 0 Å². The zero-order valence-corrected chi connectivity index (χ0v) is 18.6. The van der Waals surface area contributed by atoms with Crippen LogP contribution in [-0.2, 0) is 27.3 Å². The van der Waals surface area contributed by atoms with Crippen molar-refractivity contribution in [3.05, 3.63) is 65.2 Å². The molecule has 2 atom stereocenters. The summed E-state index contributed by atoms with van der Waals surface area (Å²) in [6, 6.07) is 14.1. The van der Waals surface area contributed by atoms with Gasteiger partial charge in [-0.1, -0.05) is 30.3 Å². The van der Waals surface area contributed by atoms with Crippen molar-refractivity contribution >= 4 is 29.4 Å². The second kappa shape index (κ2) is 8.90. The Kier molecular flexibility index (Phi) is 5.79. The van der Waals surface area contributed by atoms with Crippen LogP contribution < -0.4 is 16.0 Å². The van der Waals surface area contributed by atoms with Gasteiger partial charge in [0, 0.05) is 30.8 Å². The Balaban J connectivity index is 1.26. The first kappa shape index (κ1) is 22.1. The SMILES string of the molecule is O=C1CCC(N2Cc3cc(NC(=O)NC4(Cc5ccccc5)CCOC4)ccc3C2=O)C(=O)N1. The Morgan fingerprint density at radius 2 is 1.97 bits per heavy atom. The molecule has 2 aromatic carbocycles. The van der Waals surface area contributed by atoms with Crippen molar-refractivity contribution in [2.45, 2.75) is 43.8 Å². The monoisotopic (exact) mass is 462 g/mol. The molecule has 5 amide bonds. The third kappa shape index (κ3) is 4.38. The zero-order chi connectivity index (χ0) is 23.7. The van der Waals surface area contributed by atoms with Crippen LogP contribution >= 0.6 is 0 Å². The molecule has 0 bridgehead atoms. The summed E-state index contributed by atoms with van der Waals surface area (Å²) in [5.74, 6) is -1.01. The number of ether oxygens (including phenoxy) is 1. The van der Waals surface area contributed by atoms with Gasteiger partial charge < -0.3 is 20.3 Å². The van der Waals surface area contributed by atoms with Crippen LogP contribution in [0.15, 0.2) is 48.5 Å². The lowest BCUT2D eigenvalue weighted by molar-refractivity contribution is -0.136. The van der Waals surface area contributed by atoms with Gasteiger partial charge in [-0.15, -0.1) is 0 Å². The van der Waals surface area contributed by atoms with Gasteiger partial charge >= 0.3 is 6.03 Å². The number of amides is 5. The van der Waals surface area contributed by atoms with E-state index in [4.69, 9.17) is 4.74 Å². The number of piperidine rings is 1. The van der Waals surface area contributed by atoms with Crippen molar-refractivity contribution in [1.29, 1.82) is 0 Å². The molecular weight excluding hydrogens is 436 g/mol. The van der Waals surface area contributed by atoms with Crippen LogP contribution in [0.1, 0.15) is 40.7 Å². The van der Waals surface area contributed by atoms with E-state index in [1.807, 2.05) is 30.3 Å². The van der Waals surface area contributed by atoms with Crippen molar-refractivity contribution in [3.63, 3.8) is 0 Å². The Hall–Kier alpha value is -3.72. The van der Waals surface area contributed by atoms with E-state index in [-0.39, 0.29) is 30.8 Å². The maximum Gasteiger partial charge on any atom is 0.319 e. The number of urea groups is 1. The van der Waals surface area contributed by atoms with Crippen molar-refractivity contribution in [1.82, 2.24) is 15.5 Å². The van der Waals surface area contributed by atoms with E-state index in [1.165, 1.54) is 4.90 Å². The summed E-state index contributed by atoms with van der Waals surface area (Å²) in [6.07, 6.45) is 1.90. The minimum atomic E-state index is -0.669. The van der Waals surface area contributed by atoms with Gasteiger partial charge in [-0.05, 0) is 48.6 Å².